The second-order valence-corrected chi connectivity index (χ2v) is 6.24. The van der Waals surface area contributed by atoms with Gasteiger partial charge in [0, 0.05) is 18.8 Å². The van der Waals surface area contributed by atoms with E-state index in [1.165, 1.54) is 32.1 Å². The van der Waals surface area contributed by atoms with Gasteiger partial charge in [-0.15, -0.1) is 0 Å². The van der Waals surface area contributed by atoms with E-state index < -0.39 is 0 Å². The van der Waals surface area contributed by atoms with Crippen LogP contribution in [-0.2, 0) is 4.74 Å². The summed E-state index contributed by atoms with van der Waals surface area (Å²) in [6.07, 6.45) is 7.32. The van der Waals surface area contributed by atoms with Crippen molar-refractivity contribution in [2.24, 2.45) is 0 Å². The predicted octanol–water partition coefficient (Wildman–Crippen LogP) is -1.00. The van der Waals surface area contributed by atoms with Gasteiger partial charge in [-0.05, 0) is 12.8 Å². The van der Waals surface area contributed by atoms with Crippen LogP contribution in [0.1, 0.15) is 32.1 Å². The van der Waals surface area contributed by atoms with E-state index in [2.05, 4.69) is 26.6 Å². The lowest BCUT2D eigenvalue weighted by molar-refractivity contribution is 0.0816. The highest BCUT2D eigenvalue weighted by atomic mass is 16.5. The molecule has 5 unspecified atom stereocenters. The Kier molecular flexibility index (Phi) is 3.47. The third-order valence-electron chi connectivity index (χ3n) is 5.08. The molecule has 4 fully saturated rings. The first-order valence-corrected chi connectivity index (χ1v) is 7.76. The zero-order valence-corrected chi connectivity index (χ0v) is 11.3. The molecule has 19 heavy (non-hydrogen) atoms. The van der Waals surface area contributed by atoms with E-state index in [4.69, 9.17) is 4.74 Å². The molecule has 0 radical (unpaired) electrons. The maximum atomic E-state index is 5.69. The first-order chi connectivity index (χ1) is 9.42. The van der Waals surface area contributed by atoms with Gasteiger partial charge < -0.3 is 4.74 Å². The molecule has 108 valence electrons. The summed E-state index contributed by atoms with van der Waals surface area (Å²) in [6.45, 7) is 1.54. The van der Waals surface area contributed by atoms with E-state index in [0.29, 0.717) is 37.1 Å². The van der Waals surface area contributed by atoms with Crippen molar-refractivity contribution in [2.75, 3.05) is 13.4 Å². The fraction of sp³-hybridized carbons (Fsp3) is 1.00. The molecule has 1 aliphatic carbocycles. The molecular weight excluding hydrogens is 242 g/mol. The maximum absolute atomic E-state index is 5.69. The SMILES string of the molecule is C1CCC(NC2NCNC3C2NC2OCNC23)CC1. The van der Waals surface area contributed by atoms with Gasteiger partial charge in [0.1, 0.15) is 6.23 Å². The van der Waals surface area contributed by atoms with Gasteiger partial charge in [0.2, 0.25) is 0 Å². The number of fused-ring (bicyclic) bond motifs is 3. The summed E-state index contributed by atoms with van der Waals surface area (Å²) >= 11 is 0. The second-order valence-electron chi connectivity index (χ2n) is 6.24. The largest absolute Gasteiger partial charge is 0.346 e. The van der Waals surface area contributed by atoms with Gasteiger partial charge in [-0.25, -0.2) is 0 Å². The molecular formula is C13H25N5O. The molecule has 1 saturated carbocycles. The minimum Gasteiger partial charge on any atom is -0.346 e. The van der Waals surface area contributed by atoms with Crippen molar-refractivity contribution in [3.05, 3.63) is 0 Å². The molecule has 0 bridgehead atoms. The standard InChI is InChI=1S/C13H25N5O/c1-2-4-8(5-3-1)17-12-10-9(14-6-15-12)11-13(18-10)19-7-16-11/h8-18H,1-7H2. The third kappa shape index (κ3) is 2.30. The van der Waals surface area contributed by atoms with E-state index in [0.717, 1.165) is 6.67 Å². The molecule has 3 saturated heterocycles. The van der Waals surface area contributed by atoms with Crippen LogP contribution in [-0.4, -0.2) is 50.0 Å². The molecule has 5 atom stereocenters. The highest BCUT2D eigenvalue weighted by molar-refractivity contribution is 5.10. The summed E-state index contributed by atoms with van der Waals surface area (Å²) in [5.41, 5.74) is 0. The van der Waals surface area contributed by atoms with Crippen molar-refractivity contribution in [1.29, 1.82) is 0 Å². The van der Waals surface area contributed by atoms with Crippen LogP contribution < -0.4 is 26.6 Å². The Morgan fingerprint density at radius 3 is 2.68 bits per heavy atom. The molecule has 6 nitrogen and oxygen atoms in total. The number of rotatable bonds is 2. The van der Waals surface area contributed by atoms with Gasteiger partial charge in [0.15, 0.2) is 0 Å². The lowest BCUT2D eigenvalue weighted by atomic mass is 9.94. The molecule has 6 heteroatoms. The van der Waals surface area contributed by atoms with E-state index in [1.54, 1.807) is 0 Å². The molecule has 4 aliphatic rings. The summed E-state index contributed by atoms with van der Waals surface area (Å²) in [6, 6.07) is 1.94. The Morgan fingerprint density at radius 2 is 1.79 bits per heavy atom. The summed E-state index contributed by atoms with van der Waals surface area (Å²) in [5.74, 6) is 0. The number of hydrogen-bond acceptors (Lipinski definition) is 6. The van der Waals surface area contributed by atoms with Gasteiger partial charge in [-0.3, -0.25) is 26.6 Å². The lowest BCUT2D eigenvalue weighted by Gasteiger charge is -2.40. The molecule has 3 heterocycles. The zero-order chi connectivity index (χ0) is 12.7. The molecule has 0 aromatic heterocycles. The molecule has 0 aromatic rings. The first kappa shape index (κ1) is 12.5. The van der Waals surface area contributed by atoms with Crippen LogP contribution in [0.15, 0.2) is 0 Å². The van der Waals surface area contributed by atoms with Crippen molar-refractivity contribution in [3.63, 3.8) is 0 Å². The number of hydrogen-bond donors (Lipinski definition) is 5. The van der Waals surface area contributed by atoms with Crippen LogP contribution in [0, 0.1) is 0 Å². The maximum Gasteiger partial charge on any atom is 0.127 e. The van der Waals surface area contributed by atoms with Crippen molar-refractivity contribution < 1.29 is 4.74 Å². The smallest absolute Gasteiger partial charge is 0.127 e. The van der Waals surface area contributed by atoms with Crippen LogP contribution in [0.4, 0.5) is 0 Å². The molecule has 0 aromatic carbocycles. The molecule has 0 spiro atoms. The van der Waals surface area contributed by atoms with Gasteiger partial charge in [0.05, 0.1) is 25.0 Å². The Balaban J connectivity index is 1.41. The highest BCUT2D eigenvalue weighted by Gasteiger charge is 2.50. The molecule has 4 rings (SSSR count). The van der Waals surface area contributed by atoms with E-state index in [1.807, 2.05) is 0 Å². The van der Waals surface area contributed by atoms with Gasteiger partial charge >= 0.3 is 0 Å². The minimum absolute atomic E-state index is 0.165. The number of ether oxygens (including phenoxy) is 1. The lowest BCUT2D eigenvalue weighted by Crippen LogP contribution is -2.70. The monoisotopic (exact) mass is 267 g/mol. The van der Waals surface area contributed by atoms with Crippen molar-refractivity contribution in [1.82, 2.24) is 26.6 Å². The quantitative estimate of drug-likeness (QED) is 0.442. The Labute approximate surface area is 114 Å². The average molecular weight is 267 g/mol. The van der Waals surface area contributed by atoms with Gasteiger partial charge in [-0.1, -0.05) is 19.3 Å². The highest BCUT2D eigenvalue weighted by Crippen LogP contribution is 2.24. The van der Waals surface area contributed by atoms with Crippen LogP contribution in [0.5, 0.6) is 0 Å². The van der Waals surface area contributed by atoms with E-state index in [-0.39, 0.29) is 6.23 Å². The summed E-state index contributed by atoms with van der Waals surface area (Å²) in [4.78, 5) is 0. The van der Waals surface area contributed by atoms with Crippen LogP contribution >= 0.6 is 0 Å². The zero-order valence-electron chi connectivity index (χ0n) is 11.3. The van der Waals surface area contributed by atoms with E-state index >= 15 is 0 Å². The summed E-state index contributed by atoms with van der Waals surface area (Å²) in [5, 5.41) is 18.0. The van der Waals surface area contributed by atoms with Crippen LogP contribution in [0.2, 0.25) is 0 Å². The molecule has 3 aliphatic heterocycles. The normalized spacial score (nSPS) is 47.1. The molecule has 0 amide bonds. The first-order valence-electron chi connectivity index (χ1n) is 7.76. The van der Waals surface area contributed by atoms with Crippen molar-refractivity contribution in [3.8, 4) is 0 Å². The molecule has 5 N–H and O–H groups in total. The Bertz CT molecular complexity index is 322. The van der Waals surface area contributed by atoms with Crippen LogP contribution in [0.25, 0.3) is 0 Å². The summed E-state index contributed by atoms with van der Waals surface area (Å²) in [7, 11) is 0. The Morgan fingerprint density at radius 1 is 0.895 bits per heavy atom. The van der Waals surface area contributed by atoms with Crippen LogP contribution in [0.3, 0.4) is 0 Å². The number of nitrogens with one attached hydrogen (secondary N) is 5. The van der Waals surface area contributed by atoms with Crippen molar-refractivity contribution in [2.45, 2.75) is 68.7 Å². The third-order valence-corrected chi connectivity index (χ3v) is 5.08. The second kappa shape index (κ2) is 5.27. The topological polar surface area (TPSA) is 69.4 Å². The fourth-order valence-corrected chi connectivity index (χ4v) is 4.09. The summed E-state index contributed by atoms with van der Waals surface area (Å²) < 4.78 is 5.69. The average Bonchev–Trinajstić information content (AvgIpc) is 3.01. The van der Waals surface area contributed by atoms with Crippen molar-refractivity contribution >= 4 is 0 Å². The Hall–Kier alpha value is -0.240. The predicted molar refractivity (Wildman–Crippen MR) is 72.3 cm³/mol. The van der Waals surface area contributed by atoms with Gasteiger partial charge in [0.25, 0.3) is 0 Å². The minimum atomic E-state index is 0.165. The van der Waals surface area contributed by atoms with E-state index in [9.17, 15) is 0 Å². The van der Waals surface area contributed by atoms with Gasteiger partial charge in [-0.2, -0.15) is 0 Å². The fourth-order valence-electron chi connectivity index (χ4n) is 4.09.